The lowest BCUT2D eigenvalue weighted by Gasteiger charge is -2.15. The summed E-state index contributed by atoms with van der Waals surface area (Å²) in [6, 6.07) is 7.13. The summed E-state index contributed by atoms with van der Waals surface area (Å²) in [7, 11) is 3.37. The molecule has 0 aromatic heterocycles. The quantitative estimate of drug-likeness (QED) is 0.410. The Morgan fingerprint density at radius 2 is 1.68 bits per heavy atom. The van der Waals surface area contributed by atoms with Crippen LogP contribution in [0.15, 0.2) is 24.3 Å². The lowest BCUT2D eigenvalue weighted by Crippen LogP contribution is -2.40. The first-order chi connectivity index (χ1) is 13.4. The Hall–Kier alpha value is -2.03. The van der Waals surface area contributed by atoms with Gasteiger partial charge in [-0.1, -0.05) is 13.8 Å². The molecule has 0 saturated carbocycles. The van der Waals surface area contributed by atoms with E-state index in [2.05, 4.69) is 24.5 Å². The summed E-state index contributed by atoms with van der Waals surface area (Å²) in [5, 5.41) is 15.8. The van der Waals surface area contributed by atoms with Crippen molar-refractivity contribution < 1.29 is 24.1 Å². The molecular weight excluding hydrogens is 362 g/mol. The Kier molecular flexibility index (Phi) is 12.0. The van der Waals surface area contributed by atoms with Crippen molar-refractivity contribution in [3.05, 3.63) is 24.3 Å². The Balaban J connectivity index is 2.11. The predicted molar refractivity (Wildman–Crippen MR) is 109 cm³/mol. The third-order valence-electron chi connectivity index (χ3n) is 3.58. The third-order valence-corrected chi connectivity index (χ3v) is 3.58. The van der Waals surface area contributed by atoms with Crippen LogP contribution in [0.4, 0.5) is 4.79 Å². The summed E-state index contributed by atoms with van der Waals surface area (Å²) >= 11 is 0. The maximum absolute atomic E-state index is 11.3. The molecule has 0 radical (unpaired) electrons. The molecule has 1 aromatic carbocycles. The molecule has 0 spiro atoms. The molecule has 0 fully saturated rings. The van der Waals surface area contributed by atoms with Gasteiger partial charge in [0, 0.05) is 40.3 Å². The summed E-state index contributed by atoms with van der Waals surface area (Å²) in [5.41, 5.74) is 0. The topological polar surface area (TPSA) is 92.3 Å². The van der Waals surface area contributed by atoms with E-state index < -0.39 is 6.10 Å². The summed E-state index contributed by atoms with van der Waals surface area (Å²) in [6.07, 6.45) is -0.640. The molecule has 1 unspecified atom stereocenters. The number of aliphatic hydroxyl groups excluding tert-OH is 1. The van der Waals surface area contributed by atoms with E-state index in [4.69, 9.17) is 14.2 Å². The fourth-order valence-corrected chi connectivity index (χ4v) is 2.11. The number of benzene rings is 1. The third kappa shape index (κ3) is 11.6. The highest BCUT2D eigenvalue weighted by Crippen LogP contribution is 2.17. The Bertz CT molecular complexity index is 537. The molecule has 1 atom stereocenters. The molecule has 0 aliphatic rings. The molecule has 0 saturated heterocycles. The normalized spacial score (nSPS) is 11.9. The number of carbonyl (C=O) groups excluding carboxylic acids is 1. The Morgan fingerprint density at radius 1 is 1.04 bits per heavy atom. The minimum Gasteiger partial charge on any atom is -0.491 e. The minimum absolute atomic E-state index is 0.138. The van der Waals surface area contributed by atoms with Gasteiger partial charge in [-0.15, -0.1) is 0 Å². The molecule has 0 aliphatic carbocycles. The van der Waals surface area contributed by atoms with Gasteiger partial charge >= 0.3 is 6.03 Å². The Morgan fingerprint density at radius 3 is 2.29 bits per heavy atom. The van der Waals surface area contributed by atoms with Crippen LogP contribution in [-0.4, -0.2) is 82.3 Å². The van der Waals surface area contributed by atoms with E-state index in [0.29, 0.717) is 44.5 Å². The van der Waals surface area contributed by atoms with Crippen molar-refractivity contribution in [2.24, 2.45) is 5.92 Å². The zero-order chi connectivity index (χ0) is 20.8. The van der Waals surface area contributed by atoms with E-state index in [1.807, 2.05) is 12.1 Å². The largest absolute Gasteiger partial charge is 0.491 e. The number of nitrogens with one attached hydrogen (secondary N) is 2. The molecule has 8 heteroatoms. The molecule has 28 heavy (non-hydrogen) atoms. The molecular formula is C20H35N3O5. The van der Waals surface area contributed by atoms with E-state index in [-0.39, 0.29) is 12.6 Å². The molecule has 1 aromatic rings. The smallest absolute Gasteiger partial charge is 0.316 e. The van der Waals surface area contributed by atoms with Crippen molar-refractivity contribution in [1.29, 1.82) is 0 Å². The predicted octanol–water partition coefficient (Wildman–Crippen LogP) is 1.34. The lowest BCUT2D eigenvalue weighted by molar-refractivity contribution is 0.0818. The zero-order valence-electron chi connectivity index (χ0n) is 17.4. The summed E-state index contributed by atoms with van der Waals surface area (Å²) in [4.78, 5) is 12.8. The van der Waals surface area contributed by atoms with Gasteiger partial charge in [-0.05, 0) is 30.2 Å². The molecule has 0 bridgehead atoms. The number of aliphatic hydroxyl groups is 1. The van der Waals surface area contributed by atoms with E-state index in [0.717, 1.165) is 12.4 Å². The van der Waals surface area contributed by atoms with E-state index in [1.54, 1.807) is 26.2 Å². The van der Waals surface area contributed by atoms with Crippen molar-refractivity contribution in [2.45, 2.75) is 20.0 Å². The number of rotatable bonds is 14. The van der Waals surface area contributed by atoms with Gasteiger partial charge in [-0.3, -0.25) is 0 Å². The van der Waals surface area contributed by atoms with Crippen molar-refractivity contribution in [2.75, 3.05) is 60.2 Å². The average Bonchev–Trinajstić information content (AvgIpc) is 2.66. The first-order valence-electron chi connectivity index (χ1n) is 9.65. The van der Waals surface area contributed by atoms with Gasteiger partial charge in [-0.25, -0.2) is 4.79 Å². The van der Waals surface area contributed by atoms with Crippen LogP contribution in [0, 0.1) is 5.92 Å². The maximum Gasteiger partial charge on any atom is 0.316 e. The van der Waals surface area contributed by atoms with E-state index >= 15 is 0 Å². The number of ether oxygens (including phenoxy) is 3. The highest BCUT2D eigenvalue weighted by Gasteiger charge is 2.06. The van der Waals surface area contributed by atoms with Crippen LogP contribution in [0.2, 0.25) is 0 Å². The summed E-state index contributed by atoms with van der Waals surface area (Å²) < 4.78 is 16.6. The van der Waals surface area contributed by atoms with E-state index in [1.165, 1.54) is 4.90 Å². The number of carbonyl (C=O) groups is 1. The highest BCUT2D eigenvalue weighted by atomic mass is 16.5. The number of urea groups is 1. The number of hydrogen-bond donors (Lipinski definition) is 3. The molecule has 3 N–H and O–H groups in total. The molecule has 2 amide bonds. The highest BCUT2D eigenvalue weighted by molar-refractivity contribution is 5.73. The first kappa shape index (κ1) is 24.0. The lowest BCUT2D eigenvalue weighted by atomic mass is 10.2. The maximum atomic E-state index is 11.3. The van der Waals surface area contributed by atoms with Crippen LogP contribution in [-0.2, 0) is 4.74 Å². The van der Waals surface area contributed by atoms with Gasteiger partial charge in [0.25, 0.3) is 0 Å². The SMILES string of the molecule is CC(C)COCCOc1ccc(OCC(O)CNCCNC(=O)N(C)C)cc1. The van der Waals surface area contributed by atoms with Gasteiger partial charge in [0.1, 0.15) is 30.8 Å². The van der Waals surface area contributed by atoms with Gasteiger partial charge in [0.15, 0.2) is 0 Å². The van der Waals surface area contributed by atoms with Crippen LogP contribution in [0.1, 0.15) is 13.8 Å². The molecule has 8 nitrogen and oxygen atoms in total. The molecule has 0 aliphatic heterocycles. The summed E-state index contributed by atoms with van der Waals surface area (Å²) in [5.74, 6) is 1.94. The van der Waals surface area contributed by atoms with Crippen LogP contribution >= 0.6 is 0 Å². The average molecular weight is 398 g/mol. The van der Waals surface area contributed by atoms with Crippen LogP contribution < -0.4 is 20.1 Å². The molecule has 1 rings (SSSR count). The number of nitrogens with zero attached hydrogens (tertiary/aromatic N) is 1. The van der Waals surface area contributed by atoms with Crippen molar-refractivity contribution in [3.8, 4) is 11.5 Å². The fourth-order valence-electron chi connectivity index (χ4n) is 2.11. The van der Waals surface area contributed by atoms with Crippen LogP contribution in [0.25, 0.3) is 0 Å². The molecule has 0 heterocycles. The van der Waals surface area contributed by atoms with Crippen molar-refractivity contribution in [3.63, 3.8) is 0 Å². The second-order valence-corrected chi connectivity index (χ2v) is 7.08. The van der Waals surface area contributed by atoms with Crippen molar-refractivity contribution in [1.82, 2.24) is 15.5 Å². The fraction of sp³-hybridized carbons (Fsp3) is 0.650. The minimum atomic E-state index is -0.640. The van der Waals surface area contributed by atoms with Crippen LogP contribution in [0.5, 0.6) is 11.5 Å². The van der Waals surface area contributed by atoms with Gasteiger partial charge in [-0.2, -0.15) is 0 Å². The van der Waals surface area contributed by atoms with Gasteiger partial charge < -0.3 is 34.9 Å². The zero-order valence-corrected chi connectivity index (χ0v) is 17.4. The monoisotopic (exact) mass is 397 g/mol. The molecule has 160 valence electrons. The standard InChI is InChI=1S/C20H35N3O5/c1-16(2)14-26-11-12-27-18-5-7-19(8-6-18)28-15-17(24)13-21-9-10-22-20(25)23(3)4/h5-8,16-17,21,24H,9-15H2,1-4H3,(H,22,25). The van der Waals surface area contributed by atoms with Gasteiger partial charge in [0.05, 0.1) is 6.61 Å². The van der Waals surface area contributed by atoms with E-state index in [9.17, 15) is 9.90 Å². The second kappa shape index (κ2) is 14.0. The second-order valence-electron chi connectivity index (χ2n) is 7.08. The summed E-state index contributed by atoms with van der Waals surface area (Å²) in [6.45, 7) is 7.66. The van der Waals surface area contributed by atoms with Crippen molar-refractivity contribution >= 4 is 6.03 Å². The first-order valence-corrected chi connectivity index (χ1v) is 9.65. The number of amides is 2. The van der Waals surface area contributed by atoms with Crippen LogP contribution in [0.3, 0.4) is 0 Å². The Labute approximate surface area is 168 Å². The number of hydrogen-bond acceptors (Lipinski definition) is 6. The van der Waals surface area contributed by atoms with Gasteiger partial charge in [0.2, 0.25) is 0 Å².